The molecule has 0 aromatic heterocycles. The summed E-state index contributed by atoms with van der Waals surface area (Å²) in [5, 5.41) is 0. The van der Waals surface area contributed by atoms with Crippen LogP contribution in [0.15, 0.2) is 30.3 Å². The molecule has 4 aliphatic carbocycles. The van der Waals surface area contributed by atoms with Crippen molar-refractivity contribution in [2.45, 2.75) is 50.5 Å². The van der Waals surface area contributed by atoms with E-state index < -0.39 is 5.60 Å². The molecular weight excluding hydrogens is 372 g/mol. The highest BCUT2D eigenvalue weighted by Gasteiger charge is 2.66. The number of rotatable bonds is 4. The number of likely N-dealkylation sites (N-methyl/N-ethyl adjacent to an activating group) is 1. The Labute approximate surface area is 180 Å². The van der Waals surface area contributed by atoms with Gasteiger partial charge < -0.3 is 9.64 Å². The van der Waals surface area contributed by atoms with Crippen LogP contribution in [0.2, 0.25) is 0 Å². The lowest BCUT2D eigenvalue weighted by Crippen LogP contribution is -2.56. The van der Waals surface area contributed by atoms with Crippen molar-refractivity contribution in [2.24, 2.45) is 29.1 Å². The average Bonchev–Trinajstić information content (AvgIpc) is 3.07. The van der Waals surface area contributed by atoms with Gasteiger partial charge in [-0.15, -0.1) is 0 Å². The molecule has 0 spiro atoms. The second kappa shape index (κ2) is 7.06. The molecular formula is C26H36N2O2. The second-order valence-corrected chi connectivity index (χ2v) is 11.3. The number of cyclic esters (lactones) is 1. The maximum absolute atomic E-state index is 13.3. The molecule has 7 rings (SSSR count). The third-order valence-corrected chi connectivity index (χ3v) is 9.35. The molecule has 0 amide bonds. The predicted octanol–water partition coefficient (Wildman–Crippen LogP) is 3.91. The van der Waals surface area contributed by atoms with E-state index in [1.165, 1.54) is 44.1 Å². The van der Waals surface area contributed by atoms with Crippen LogP contribution in [-0.2, 0) is 15.1 Å². The second-order valence-electron chi connectivity index (χ2n) is 11.3. The zero-order chi connectivity index (χ0) is 20.3. The maximum atomic E-state index is 13.3. The van der Waals surface area contributed by atoms with E-state index in [9.17, 15) is 4.79 Å². The fraction of sp³-hybridized carbons (Fsp3) is 0.731. The Balaban J connectivity index is 1.33. The van der Waals surface area contributed by atoms with E-state index in [0.29, 0.717) is 0 Å². The van der Waals surface area contributed by atoms with E-state index in [-0.39, 0.29) is 17.3 Å². The SMILES string of the molecule is CN1CCN(CC2CC(c3ccccc3)(C34CC5CC(CC(C5)C3)C4)OC2=O)CC1. The van der Waals surface area contributed by atoms with Crippen molar-refractivity contribution in [3.8, 4) is 0 Å². The minimum absolute atomic E-state index is 0.0154. The molecule has 4 bridgehead atoms. The number of nitrogens with zero attached hydrogens (tertiary/aromatic N) is 2. The predicted molar refractivity (Wildman–Crippen MR) is 117 cm³/mol. The molecule has 4 nitrogen and oxygen atoms in total. The number of hydrogen-bond acceptors (Lipinski definition) is 4. The first-order valence-electron chi connectivity index (χ1n) is 12.2. The van der Waals surface area contributed by atoms with E-state index >= 15 is 0 Å². The monoisotopic (exact) mass is 408 g/mol. The van der Waals surface area contributed by atoms with Gasteiger partial charge in [0.25, 0.3) is 0 Å². The van der Waals surface area contributed by atoms with Crippen LogP contribution in [0.5, 0.6) is 0 Å². The minimum atomic E-state index is -0.404. The Morgan fingerprint density at radius 3 is 2.10 bits per heavy atom. The van der Waals surface area contributed by atoms with Gasteiger partial charge in [0.2, 0.25) is 0 Å². The summed E-state index contributed by atoms with van der Waals surface area (Å²) >= 11 is 0. The molecule has 1 aromatic carbocycles. The maximum Gasteiger partial charge on any atom is 0.311 e. The van der Waals surface area contributed by atoms with E-state index in [4.69, 9.17) is 4.74 Å². The zero-order valence-corrected chi connectivity index (χ0v) is 18.4. The van der Waals surface area contributed by atoms with Gasteiger partial charge in [0.05, 0.1) is 5.92 Å². The summed E-state index contributed by atoms with van der Waals surface area (Å²) in [4.78, 5) is 18.2. The zero-order valence-electron chi connectivity index (χ0n) is 18.4. The number of hydrogen-bond donors (Lipinski definition) is 0. The number of ether oxygens (including phenoxy) is 1. The molecule has 2 heterocycles. The van der Waals surface area contributed by atoms with Crippen molar-refractivity contribution >= 4 is 5.97 Å². The molecule has 162 valence electrons. The van der Waals surface area contributed by atoms with Crippen molar-refractivity contribution in [1.82, 2.24) is 9.80 Å². The number of benzene rings is 1. The van der Waals surface area contributed by atoms with Crippen LogP contribution in [0.4, 0.5) is 0 Å². The molecule has 6 fully saturated rings. The Morgan fingerprint density at radius 2 is 1.50 bits per heavy atom. The van der Waals surface area contributed by atoms with Gasteiger partial charge in [-0.2, -0.15) is 0 Å². The lowest BCUT2D eigenvalue weighted by atomic mass is 9.44. The number of carbonyl (C=O) groups is 1. The first-order chi connectivity index (χ1) is 14.6. The first-order valence-corrected chi connectivity index (χ1v) is 12.2. The average molecular weight is 409 g/mol. The van der Waals surface area contributed by atoms with E-state index in [2.05, 4.69) is 47.2 Å². The van der Waals surface area contributed by atoms with Gasteiger partial charge in [-0.25, -0.2) is 0 Å². The quantitative estimate of drug-likeness (QED) is 0.707. The summed E-state index contributed by atoms with van der Waals surface area (Å²) in [5.41, 5.74) is 1.02. The van der Waals surface area contributed by atoms with Gasteiger partial charge in [-0.05, 0) is 68.9 Å². The van der Waals surface area contributed by atoms with Crippen LogP contribution in [0.3, 0.4) is 0 Å². The van der Waals surface area contributed by atoms with Crippen LogP contribution >= 0.6 is 0 Å². The molecule has 0 N–H and O–H groups in total. The molecule has 4 heteroatoms. The minimum Gasteiger partial charge on any atom is -0.453 e. The van der Waals surface area contributed by atoms with Crippen molar-refractivity contribution in [3.05, 3.63) is 35.9 Å². The highest BCUT2D eigenvalue weighted by molar-refractivity contribution is 5.76. The summed E-state index contributed by atoms with van der Waals surface area (Å²) in [7, 11) is 2.19. The van der Waals surface area contributed by atoms with Crippen LogP contribution in [0, 0.1) is 29.1 Å². The topological polar surface area (TPSA) is 32.8 Å². The molecule has 2 aliphatic heterocycles. The van der Waals surface area contributed by atoms with Gasteiger partial charge in [-0.1, -0.05) is 30.3 Å². The third kappa shape index (κ3) is 2.97. The van der Waals surface area contributed by atoms with Gasteiger partial charge >= 0.3 is 5.97 Å². The Hall–Kier alpha value is -1.39. The summed E-state index contributed by atoms with van der Waals surface area (Å²) in [6.07, 6.45) is 8.94. The Kier molecular flexibility index (Phi) is 4.55. The third-order valence-electron chi connectivity index (χ3n) is 9.35. The van der Waals surface area contributed by atoms with Gasteiger partial charge in [0.1, 0.15) is 5.60 Å². The summed E-state index contributed by atoms with van der Waals surface area (Å²) < 4.78 is 6.62. The first kappa shape index (κ1) is 19.3. The molecule has 4 saturated carbocycles. The molecule has 0 radical (unpaired) electrons. The van der Waals surface area contributed by atoms with E-state index in [1.54, 1.807) is 0 Å². The summed E-state index contributed by atoms with van der Waals surface area (Å²) in [5.74, 6) is 2.64. The van der Waals surface area contributed by atoms with Crippen molar-refractivity contribution in [2.75, 3.05) is 39.8 Å². The van der Waals surface area contributed by atoms with Gasteiger partial charge in [0, 0.05) is 44.6 Å². The largest absolute Gasteiger partial charge is 0.453 e. The summed E-state index contributed by atoms with van der Waals surface area (Å²) in [6.45, 7) is 5.20. The number of carbonyl (C=O) groups excluding carboxylic acids is 1. The van der Waals surface area contributed by atoms with E-state index in [0.717, 1.165) is 56.9 Å². The molecule has 2 unspecified atom stereocenters. The fourth-order valence-electron chi connectivity index (χ4n) is 8.33. The highest BCUT2D eigenvalue weighted by Crippen LogP contribution is 2.69. The lowest BCUT2D eigenvalue weighted by Gasteiger charge is -2.62. The normalized spacial score (nSPS) is 43.8. The molecule has 6 aliphatic rings. The van der Waals surface area contributed by atoms with Crippen LogP contribution in [0.1, 0.15) is 50.5 Å². The standard InChI is InChI=1S/C26H36N2O2/c1-27-7-9-28(10-8-27)18-22-17-26(30-24(22)29,23-5-3-2-4-6-23)25-14-19-11-20(15-25)13-21(12-19)16-25/h2-6,19-22H,7-18H2,1H3. The number of piperazine rings is 1. The Bertz CT molecular complexity index is 765. The molecule has 1 aromatic rings. The number of esters is 1. The highest BCUT2D eigenvalue weighted by atomic mass is 16.6. The smallest absolute Gasteiger partial charge is 0.311 e. The van der Waals surface area contributed by atoms with Gasteiger partial charge in [0.15, 0.2) is 0 Å². The van der Waals surface area contributed by atoms with Crippen molar-refractivity contribution in [3.63, 3.8) is 0 Å². The van der Waals surface area contributed by atoms with Crippen LogP contribution < -0.4 is 0 Å². The van der Waals surface area contributed by atoms with Crippen molar-refractivity contribution < 1.29 is 9.53 Å². The van der Waals surface area contributed by atoms with Crippen LogP contribution in [0.25, 0.3) is 0 Å². The fourth-order valence-corrected chi connectivity index (χ4v) is 8.33. The lowest BCUT2D eigenvalue weighted by molar-refractivity contribution is -0.198. The molecule has 2 saturated heterocycles. The molecule has 30 heavy (non-hydrogen) atoms. The van der Waals surface area contributed by atoms with Gasteiger partial charge in [-0.3, -0.25) is 9.69 Å². The van der Waals surface area contributed by atoms with Crippen LogP contribution in [-0.4, -0.2) is 55.5 Å². The summed E-state index contributed by atoms with van der Waals surface area (Å²) in [6, 6.07) is 10.8. The molecule has 2 atom stereocenters. The van der Waals surface area contributed by atoms with Crippen molar-refractivity contribution in [1.29, 1.82) is 0 Å². The van der Waals surface area contributed by atoms with E-state index in [1.807, 2.05) is 0 Å². The Morgan fingerprint density at radius 1 is 0.900 bits per heavy atom.